The molecule has 4 nitrogen and oxygen atoms in total. The molecule has 0 saturated heterocycles. The van der Waals surface area contributed by atoms with Crippen LogP contribution in [0.2, 0.25) is 10.0 Å². The van der Waals surface area contributed by atoms with Gasteiger partial charge in [0.2, 0.25) is 0 Å². The molecule has 0 amide bonds. The monoisotopic (exact) mass is 319 g/mol. The van der Waals surface area contributed by atoms with Crippen molar-refractivity contribution in [2.45, 2.75) is 25.0 Å². The van der Waals surface area contributed by atoms with E-state index < -0.39 is 6.10 Å². The Labute approximate surface area is 128 Å². The van der Waals surface area contributed by atoms with Crippen molar-refractivity contribution in [1.29, 1.82) is 0 Å². The number of halogens is 2. The predicted molar refractivity (Wildman–Crippen MR) is 79.6 cm³/mol. The summed E-state index contributed by atoms with van der Waals surface area (Å²) in [6, 6.07) is 5.09. The van der Waals surface area contributed by atoms with Gasteiger partial charge in [-0.05, 0) is 30.9 Å². The average Bonchev–Trinajstić information content (AvgIpc) is 3.22. The van der Waals surface area contributed by atoms with Gasteiger partial charge >= 0.3 is 0 Å². The molecule has 1 aliphatic carbocycles. The molecule has 1 aromatic carbocycles. The highest BCUT2D eigenvalue weighted by molar-refractivity contribution is 6.37. The number of benzene rings is 1. The van der Waals surface area contributed by atoms with Crippen molar-refractivity contribution >= 4 is 23.2 Å². The number of nitrogens with one attached hydrogen (secondary N) is 1. The Morgan fingerprint density at radius 1 is 1.20 bits per heavy atom. The molecule has 112 valence electrons. The molecule has 1 aliphatic rings. The summed E-state index contributed by atoms with van der Waals surface area (Å²) in [5.41, 5.74) is 0. The zero-order valence-corrected chi connectivity index (χ0v) is 12.6. The number of hydrogen-bond donors (Lipinski definition) is 3. The Hall–Kier alpha value is -0.520. The van der Waals surface area contributed by atoms with Crippen LogP contribution in [0, 0.1) is 5.92 Å². The number of ether oxygens (including phenoxy) is 1. The molecule has 0 aliphatic heterocycles. The van der Waals surface area contributed by atoms with E-state index in [1.165, 1.54) is 0 Å². The van der Waals surface area contributed by atoms with Gasteiger partial charge in [-0.15, -0.1) is 0 Å². The molecule has 3 N–H and O–H groups in total. The third-order valence-electron chi connectivity index (χ3n) is 3.24. The van der Waals surface area contributed by atoms with Crippen LogP contribution in [0.15, 0.2) is 18.2 Å². The van der Waals surface area contributed by atoms with Crippen molar-refractivity contribution in [2.75, 3.05) is 19.7 Å². The number of aliphatic hydroxyl groups excluding tert-OH is 2. The first-order chi connectivity index (χ1) is 9.58. The zero-order valence-electron chi connectivity index (χ0n) is 11.1. The molecular weight excluding hydrogens is 301 g/mol. The van der Waals surface area contributed by atoms with Gasteiger partial charge < -0.3 is 20.3 Å². The smallest absolute Gasteiger partial charge is 0.156 e. The Bertz CT molecular complexity index is 420. The highest BCUT2D eigenvalue weighted by Gasteiger charge is 2.29. The normalized spacial score (nSPS) is 17.8. The Balaban J connectivity index is 1.67. The molecule has 0 bridgehead atoms. The lowest BCUT2D eigenvalue weighted by Gasteiger charge is -2.16. The summed E-state index contributed by atoms with van der Waals surface area (Å²) in [7, 11) is 0. The molecule has 1 aromatic rings. The molecular formula is C14H19Cl2NO3. The van der Waals surface area contributed by atoms with Crippen LogP contribution in [0.1, 0.15) is 12.8 Å². The summed E-state index contributed by atoms with van der Waals surface area (Å²) >= 11 is 11.9. The Kier molecular flexibility index (Phi) is 5.93. The van der Waals surface area contributed by atoms with E-state index in [4.69, 9.17) is 27.9 Å². The van der Waals surface area contributed by atoms with E-state index in [0.29, 0.717) is 34.8 Å². The summed E-state index contributed by atoms with van der Waals surface area (Å²) in [6.45, 7) is 0.941. The van der Waals surface area contributed by atoms with Crippen LogP contribution in [0.5, 0.6) is 5.75 Å². The lowest BCUT2D eigenvalue weighted by molar-refractivity contribution is 0.0967. The molecule has 0 radical (unpaired) electrons. The van der Waals surface area contributed by atoms with Gasteiger partial charge in [0.15, 0.2) is 5.75 Å². The van der Waals surface area contributed by atoms with E-state index in [1.54, 1.807) is 18.2 Å². The molecule has 2 atom stereocenters. The van der Waals surface area contributed by atoms with Gasteiger partial charge in [-0.2, -0.15) is 0 Å². The minimum absolute atomic E-state index is 0.0932. The topological polar surface area (TPSA) is 61.7 Å². The average molecular weight is 320 g/mol. The molecule has 2 unspecified atom stereocenters. The SMILES string of the molecule is OC(CNCC(O)C1CC1)COc1c(Cl)cccc1Cl. The number of hydrogen-bond acceptors (Lipinski definition) is 4. The van der Waals surface area contributed by atoms with E-state index in [1.807, 2.05) is 0 Å². The summed E-state index contributed by atoms with van der Waals surface area (Å²) in [4.78, 5) is 0. The van der Waals surface area contributed by atoms with Crippen molar-refractivity contribution in [3.8, 4) is 5.75 Å². The lowest BCUT2D eigenvalue weighted by atomic mass is 10.2. The molecule has 1 saturated carbocycles. The minimum atomic E-state index is -0.686. The second-order valence-electron chi connectivity index (χ2n) is 5.08. The second kappa shape index (κ2) is 7.48. The minimum Gasteiger partial charge on any atom is -0.488 e. The summed E-state index contributed by atoms with van der Waals surface area (Å²) in [5, 5.41) is 23.3. The molecule has 6 heteroatoms. The Morgan fingerprint density at radius 2 is 1.85 bits per heavy atom. The van der Waals surface area contributed by atoms with Crippen molar-refractivity contribution in [2.24, 2.45) is 5.92 Å². The molecule has 0 aromatic heterocycles. The van der Waals surface area contributed by atoms with E-state index in [9.17, 15) is 10.2 Å². The van der Waals surface area contributed by atoms with Crippen LogP contribution in [0.4, 0.5) is 0 Å². The van der Waals surface area contributed by atoms with Crippen molar-refractivity contribution in [1.82, 2.24) is 5.32 Å². The summed E-state index contributed by atoms with van der Waals surface area (Å²) < 4.78 is 5.43. The fourth-order valence-corrected chi connectivity index (χ4v) is 2.41. The highest BCUT2D eigenvalue weighted by Crippen LogP contribution is 2.33. The first-order valence-electron chi connectivity index (χ1n) is 6.71. The van der Waals surface area contributed by atoms with Gasteiger partial charge in [0.05, 0.1) is 16.1 Å². The van der Waals surface area contributed by atoms with E-state index in [0.717, 1.165) is 12.8 Å². The van der Waals surface area contributed by atoms with Gasteiger partial charge in [-0.1, -0.05) is 29.3 Å². The highest BCUT2D eigenvalue weighted by atomic mass is 35.5. The maximum absolute atomic E-state index is 9.80. The number of rotatable bonds is 8. The van der Waals surface area contributed by atoms with E-state index in [2.05, 4.69) is 5.32 Å². The third kappa shape index (κ3) is 4.79. The van der Waals surface area contributed by atoms with Gasteiger partial charge in [0.25, 0.3) is 0 Å². The van der Waals surface area contributed by atoms with Crippen molar-refractivity contribution < 1.29 is 14.9 Å². The van der Waals surface area contributed by atoms with Crippen LogP contribution < -0.4 is 10.1 Å². The number of aliphatic hydroxyl groups is 2. The first kappa shape index (κ1) is 15.9. The lowest BCUT2D eigenvalue weighted by Crippen LogP contribution is -2.36. The Morgan fingerprint density at radius 3 is 2.45 bits per heavy atom. The van der Waals surface area contributed by atoms with Crippen LogP contribution in [0.3, 0.4) is 0 Å². The fourth-order valence-electron chi connectivity index (χ4n) is 1.90. The molecule has 20 heavy (non-hydrogen) atoms. The quantitative estimate of drug-likeness (QED) is 0.686. The van der Waals surface area contributed by atoms with Crippen LogP contribution >= 0.6 is 23.2 Å². The van der Waals surface area contributed by atoms with Gasteiger partial charge in [-0.25, -0.2) is 0 Å². The summed E-state index contributed by atoms with van der Waals surface area (Å²) in [5.74, 6) is 0.811. The van der Waals surface area contributed by atoms with E-state index in [-0.39, 0.29) is 12.7 Å². The van der Waals surface area contributed by atoms with Gasteiger partial charge in [0.1, 0.15) is 12.7 Å². The van der Waals surface area contributed by atoms with E-state index >= 15 is 0 Å². The first-order valence-corrected chi connectivity index (χ1v) is 7.47. The molecule has 2 rings (SSSR count). The molecule has 0 spiro atoms. The zero-order chi connectivity index (χ0) is 14.5. The number of para-hydroxylation sites is 1. The molecule has 0 heterocycles. The van der Waals surface area contributed by atoms with Crippen LogP contribution in [-0.4, -0.2) is 42.1 Å². The van der Waals surface area contributed by atoms with Crippen molar-refractivity contribution in [3.63, 3.8) is 0 Å². The maximum Gasteiger partial charge on any atom is 0.156 e. The largest absolute Gasteiger partial charge is 0.488 e. The standard InChI is InChI=1S/C14H19Cl2NO3/c15-11-2-1-3-12(16)14(11)20-8-10(18)6-17-7-13(19)9-4-5-9/h1-3,9-10,13,17-19H,4-8H2. The van der Waals surface area contributed by atoms with Gasteiger partial charge in [0, 0.05) is 13.1 Å². The van der Waals surface area contributed by atoms with Crippen LogP contribution in [-0.2, 0) is 0 Å². The molecule has 1 fully saturated rings. The van der Waals surface area contributed by atoms with Crippen LogP contribution in [0.25, 0.3) is 0 Å². The summed E-state index contributed by atoms with van der Waals surface area (Å²) in [6.07, 6.45) is 1.19. The predicted octanol–water partition coefficient (Wildman–Crippen LogP) is 2.09. The van der Waals surface area contributed by atoms with Crippen molar-refractivity contribution in [3.05, 3.63) is 28.2 Å². The third-order valence-corrected chi connectivity index (χ3v) is 3.83. The maximum atomic E-state index is 9.80. The fraction of sp³-hybridized carbons (Fsp3) is 0.571. The second-order valence-corrected chi connectivity index (χ2v) is 5.89. The van der Waals surface area contributed by atoms with Gasteiger partial charge in [-0.3, -0.25) is 0 Å².